The Morgan fingerprint density at radius 2 is 2.19 bits per heavy atom. The van der Waals surface area contributed by atoms with Gasteiger partial charge in [0.2, 0.25) is 0 Å². The summed E-state index contributed by atoms with van der Waals surface area (Å²) in [4.78, 5) is 16.0. The lowest BCUT2D eigenvalue weighted by atomic mass is 10.2. The van der Waals surface area contributed by atoms with Crippen molar-refractivity contribution in [2.24, 2.45) is 0 Å². The fraction of sp³-hybridized carbons (Fsp3) is 0.467. The van der Waals surface area contributed by atoms with E-state index in [4.69, 9.17) is 0 Å². The summed E-state index contributed by atoms with van der Waals surface area (Å²) < 4.78 is 1.96. The van der Waals surface area contributed by atoms with Gasteiger partial charge in [-0.2, -0.15) is 0 Å². The first-order chi connectivity index (χ1) is 10.2. The number of aliphatic hydroxyl groups excluding tert-OH is 1. The van der Waals surface area contributed by atoms with E-state index < -0.39 is 0 Å². The number of amides is 2. The molecule has 0 saturated heterocycles. The minimum absolute atomic E-state index is 0.206. The number of aromatic nitrogens is 2. The van der Waals surface area contributed by atoms with Gasteiger partial charge in [0.25, 0.3) is 0 Å². The molecule has 0 aromatic carbocycles. The smallest absolute Gasteiger partial charge is 0.314 e. The molecule has 0 saturated carbocycles. The molecule has 2 aromatic heterocycles. The Balaban J connectivity index is 1.68. The zero-order valence-electron chi connectivity index (χ0n) is 12.2. The highest BCUT2D eigenvalue weighted by atomic mass is 16.3. The van der Waals surface area contributed by atoms with E-state index in [9.17, 15) is 9.90 Å². The lowest BCUT2D eigenvalue weighted by molar-refractivity contribution is 0.160. The molecule has 2 aromatic rings. The number of imidazole rings is 1. The molecule has 3 N–H and O–H groups in total. The van der Waals surface area contributed by atoms with Crippen LogP contribution in [-0.2, 0) is 6.42 Å². The first-order valence-corrected chi connectivity index (χ1v) is 7.31. The Morgan fingerprint density at radius 3 is 2.95 bits per heavy atom. The predicted octanol–water partition coefficient (Wildman–Crippen LogP) is 1.34. The van der Waals surface area contributed by atoms with Crippen molar-refractivity contribution in [2.45, 2.75) is 32.3 Å². The summed E-state index contributed by atoms with van der Waals surface area (Å²) in [6.07, 6.45) is 5.54. The van der Waals surface area contributed by atoms with Crippen LogP contribution in [0.2, 0.25) is 0 Å². The Morgan fingerprint density at radius 1 is 1.38 bits per heavy atom. The summed E-state index contributed by atoms with van der Waals surface area (Å²) in [6, 6.07) is 5.64. The minimum Gasteiger partial charge on any atom is -0.393 e. The molecule has 2 heterocycles. The Hall–Kier alpha value is -2.08. The number of rotatable bonds is 7. The van der Waals surface area contributed by atoms with Crippen molar-refractivity contribution in [1.82, 2.24) is 20.0 Å². The van der Waals surface area contributed by atoms with Crippen LogP contribution in [-0.4, -0.2) is 39.7 Å². The molecule has 114 valence electrons. The summed E-state index contributed by atoms with van der Waals surface area (Å²) in [5.74, 6) is 0. The van der Waals surface area contributed by atoms with Crippen molar-refractivity contribution >= 4 is 11.7 Å². The third-order valence-electron chi connectivity index (χ3n) is 3.31. The van der Waals surface area contributed by atoms with Crippen molar-refractivity contribution in [1.29, 1.82) is 0 Å². The number of carbonyl (C=O) groups is 1. The summed E-state index contributed by atoms with van der Waals surface area (Å²) in [5, 5.41) is 14.9. The van der Waals surface area contributed by atoms with Crippen molar-refractivity contribution < 1.29 is 9.90 Å². The molecule has 6 heteroatoms. The molecule has 21 heavy (non-hydrogen) atoms. The Bertz CT molecular complexity index is 549. The van der Waals surface area contributed by atoms with E-state index in [1.54, 1.807) is 0 Å². The zero-order chi connectivity index (χ0) is 15.1. The number of hydrogen-bond acceptors (Lipinski definition) is 3. The fourth-order valence-electron chi connectivity index (χ4n) is 2.03. The second kappa shape index (κ2) is 7.64. The van der Waals surface area contributed by atoms with Crippen LogP contribution >= 0.6 is 0 Å². The fourth-order valence-corrected chi connectivity index (χ4v) is 2.03. The summed E-state index contributed by atoms with van der Waals surface area (Å²) in [7, 11) is 0. The number of urea groups is 1. The number of fused-ring (bicyclic) bond motifs is 1. The van der Waals surface area contributed by atoms with Gasteiger partial charge in [0, 0.05) is 31.9 Å². The highest BCUT2D eigenvalue weighted by Gasteiger charge is 2.04. The standard InChI is InChI=1S/C15H22N4O2/c1-2-13(20)7-9-17-15(21)16-8-6-12-11-19-10-4-3-5-14(19)18-12/h3-5,10-11,13,20H,2,6-9H2,1H3,(H2,16,17,21). The first kappa shape index (κ1) is 15.3. The first-order valence-electron chi connectivity index (χ1n) is 7.31. The summed E-state index contributed by atoms with van der Waals surface area (Å²) >= 11 is 0. The predicted molar refractivity (Wildman–Crippen MR) is 81.2 cm³/mol. The molecular formula is C15H22N4O2. The monoisotopic (exact) mass is 290 g/mol. The highest BCUT2D eigenvalue weighted by Crippen LogP contribution is 2.04. The second-order valence-corrected chi connectivity index (χ2v) is 4.98. The SMILES string of the molecule is CCC(O)CCNC(=O)NCCc1cn2ccccc2n1. The van der Waals surface area contributed by atoms with Gasteiger partial charge < -0.3 is 20.1 Å². The van der Waals surface area contributed by atoms with Gasteiger partial charge in [-0.1, -0.05) is 13.0 Å². The van der Waals surface area contributed by atoms with Gasteiger partial charge in [0.1, 0.15) is 5.65 Å². The van der Waals surface area contributed by atoms with Crippen molar-refractivity contribution in [2.75, 3.05) is 13.1 Å². The molecule has 0 spiro atoms. The lowest BCUT2D eigenvalue weighted by Crippen LogP contribution is -2.37. The zero-order valence-corrected chi connectivity index (χ0v) is 12.2. The number of hydrogen-bond donors (Lipinski definition) is 3. The van der Waals surface area contributed by atoms with E-state index in [2.05, 4.69) is 15.6 Å². The number of nitrogens with one attached hydrogen (secondary N) is 2. The molecule has 0 bridgehead atoms. The second-order valence-electron chi connectivity index (χ2n) is 4.98. The van der Waals surface area contributed by atoms with Crippen LogP contribution in [0.4, 0.5) is 4.79 Å². The molecule has 0 aliphatic carbocycles. The summed E-state index contributed by atoms with van der Waals surface area (Å²) in [5.41, 5.74) is 1.86. The van der Waals surface area contributed by atoms with Gasteiger partial charge in [-0.15, -0.1) is 0 Å². The van der Waals surface area contributed by atoms with E-state index in [1.807, 2.05) is 41.9 Å². The molecule has 0 aliphatic rings. The maximum atomic E-state index is 11.5. The third-order valence-corrected chi connectivity index (χ3v) is 3.31. The maximum Gasteiger partial charge on any atom is 0.314 e. The van der Waals surface area contributed by atoms with Gasteiger partial charge in [-0.05, 0) is 25.0 Å². The summed E-state index contributed by atoms with van der Waals surface area (Å²) in [6.45, 7) is 2.93. The number of nitrogens with zero attached hydrogens (tertiary/aromatic N) is 2. The molecule has 0 radical (unpaired) electrons. The molecule has 1 atom stereocenters. The van der Waals surface area contributed by atoms with Gasteiger partial charge in [-0.25, -0.2) is 9.78 Å². The molecule has 6 nitrogen and oxygen atoms in total. The van der Waals surface area contributed by atoms with Gasteiger partial charge in [-0.3, -0.25) is 0 Å². The average molecular weight is 290 g/mol. The average Bonchev–Trinajstić information content (AvgIpc) is 2.89. The van der Waals surface area contributed by atoms with E-state index in [-0.39, 0.29) is 12.1 Å². The number of pyridine rings is 1. The van der Waals surface area contributed by atoms with Crippen molar-refractivity contribution in [3.8, 4) is 0 Å². The normalized spacial score (nSPS) is 12.3. The molecule has 2 amide bonds. The van der Waals surface area contributed by atoms with Gasteiger partial charge in [0.05, 0.1) is 11.8 Å². The van der Waals surface area contributed by atoms with Crippen LogP contribution in [0, 0.1) is 0 Å². The minimum atomic E-state index is -0.344. The van der Waals surface area contributed by atoms with Crippen LogP contribution < -0.4 is 10.6 Å². The highest BCUT2D eigenvalue weighted by molar-refractivity contribution is 5.73. The van der Waals surface area contributed by atoms with E-state index in [1.165, 1.54) is 0 Å². The maximum absolute atomic E-state index is 11.5. The van der Waals surface area contributed by atoms with Crippen LogP contribution in [0.25, 0.3) is 5.65 Å². The molecule has 2 rings (SSSR count). The number of carbonyl (C=O) groups excluding carboxylic acids is 1. The van der Waals surface area contributed by atoms with Crippen LogP contribution in [0.5, 0.6) is 0 Å². The Labute approximate surface area is 124 Å². The molecule has 1 unspecified atom stereocenters. The van der Waals surface area contributed by atoms with Crippen molar-refractivity contribution in [3.05, 3.63) is 36.3 Å². The van der Waals surface area contributed by atoms with Crippen LogP contribution in [0.15, 0.2) is 30.6 Å². The molecular weight excluding hydrogens is 268 g/mol. The van der Waals surface area contributed by atoms with Crippen LogP contribution in [0.3, 0.4) is 0 Å². The molecule has 0 fully saturated rings. The molecule has 0 aliphatic heterocycles. The quantitative estimate of drug-likeness (QED) is 0.720. The lowest BCUT2D eigenvalue weighted by Gasteiger charge is -2.09. The van der Waals surface area contributed by atoms with Gasteiger partial charge in [0.15, 0.2) is 0 Å². The van der Waals surface area contributed by atoms with E-state index in [0.717, 1.165) is 11.3 Å². The number of aliphatic hydroxyl groups is 1. The third kappa shape index (κ3) is 4.75. The van der Waals surface area contributed by atoms with Gasteiger partial charge >= 0.3 is 6.03 Å². The van der Waals surface area contributed by atoms with E-state index in [0.29, 0.717) is 32.4 Å². The van der Waals surface area contributed by atoms with Crippen LogP contribution in [0.1, 0.15) is 25.5 Å². The van der Waals surface area contributed by atoms with Crippen molar-refractivity contribution in [3.63, 3.8) is 0 Å². The van der Waals surface area contributed by atoms with E-state index >= 15 is 0 Å². The Kier molecular flexibility index (Phi) is 5.57. The largest absolute Gasteiger partial charge is 0.393 e. The topological polar surface area (TPSA) is 78.7 Å².